The van der Waals surface area contributed by atoms with Crippen LogP contribution in [0.4, 0.5) is 5.82 Å². The third-order valence-corrected chi connectivity index (χ3v) is 2.70. The fourth-order valence-corrected chi connectivity index (χ4v) is 1.76. The fourth-order valence-electron chi connectivity index (χ4n) is 1.38. The first kappa shape index (κ1) is 9.52. The highest BCUT2D eigenvalue weighted by Crippen LogP contribution is 2.21. The van der Waals surface area contributed by atoms with E-state index in [0.717, 1.165) is 30.2 Å². The Balaban J connectivity index is 2.26. The van der Waals surface area contributed by atoms with Crippen LogP contribution >= 0.6 is 11.8 Å². The van der Waals surface area contributed by atoms with Crippen molar-refractivity contribution in [2.45, 2.75) is 13.0 Å². The number of aromatic nitrogens is 2. The van der Waals surface area contributed by atoms with Gasteiger partial charge < -0.3 is 4.57 Å². The summed E-state index contributed by atoms with van der Waals surface area (Å²) in [7, 11) is 0. The lowest BCUT2D eigenvalue weighted by atomic mass is 10.3. The second-order valence-electron chi connectivity index (χ2n) is 3.09. The minimum Gasteiger partial charge on any atom is -0.314 e. The minimum absolute atomic E-state index is 0.902. The molecular formula is C10H13N3S. The Hall–Kier alpha value is -1.03. The van der Waals surface area contributed by atoms with Gasteiger partial charge in [0.05, 0.1) is 6.33 Å². The summed E-state index contributed by atoms with van der Waals surface area (Å²) in [6.07, 6.45) is 10.9. The van der Waals surface area contributed by atoms with Gasteiger partial charge in [0.25, 0.3) is 0 Å². The van der Waals surface area contributed by atoms with E-state index in [2.05, 4.69) is 26.9 Å². The van der Waals surface area contributed by atoms with Gasteiger partial charge >= 0.3 is 0 Å². The molecule has 1 aromatic rings. The molecule has 1 aromatic heterocycles. The van der Waals surface area contributed by atoms with Crippen LogP contribution in [-0.4, -0.2) is 27.8 Å². The third kappa shape index (κ3) is 1.90. The van der Waals surface area contributed by atoms with Crippen molar-refractivity contribution in [1.29, 1.82) is 0 Å². The zero-order valence-corrected chi connectivity index (χ0v) is 9.00. The summed E-state index contributed by atoms with van der Waals surface area (Å²) < 4.78 is 2.11. The van der Waals surface area contributed by atoms with E-state index in [-0.39, 0.29) is 0 Å². The lowest BCUT2D eigenvalue weighted by Gasteiger charge is -2.02. The lowest BCUT2D eigenvalue weighted by molar-refractivity contribution is 0.774. The Kier molecular flexibility index (Phi) is 3.03. The Morgan fingerprint density at radius 3 is 3.36 bits per heavy atom. The van der Waals surface area contributed by atoms with Crippen LogP contribution < -0.4 is 0 Å². The van der Waals surface area contributed by atoms with Crippen molar-refractivity contribution < 1.29 is 0 Å². The summed E-state index contributed by atoms with van der Waals surface area (Å²) in [4.78, 5) is 8.73. The second-order valence-corrected chi connectivity index (χ2v) is 4.07. The van der Waals surface area contributed by atoms with Gasteiger partial charge in [-0.05, 0) is 12.3 Å². The van der Waals surface area contributed by atoms with Gasteiger partial charge in [0.1, 0.15) is 5.69 Å². The number of aryl methyl sites for hydroxylation is 1. The molecule has 0 atom stereocenters. The molecule has 74 valence electrons. The van der Waals surface area contributed by atoms with Crippen molar-refractivity contribution in [2.75, 3.05) is 12.0 Å². The van der Waals surface area contributed by atoms with Crippen molar-refractivity contribution in [2.24, 2.45) is 4.99 Å². The largest absolute Gasteiger partial charge is 0.314 e. The van der Waals surface area contributed by atoms with Crippen LogP contribution in [0.1, 0.15) is 12.1 Å². The van der Waals surface area contributed by atoms with Gasteiger partial charge in [0.2, 0.25) is 0 Å². The zero-order chi connectivity index (χ0) is 9.80. The van der Waals surface area contributed by atoms with Gasteiger partial charge in [-0.3, -0.25) is 0 Å². The van der Waals surface area contributed by atoms with E-state index >= 15 is 0 Å². The molecule has 1 aliphatic heterocycles. The molecule has 14 heavy (non-hydrogen) atoms. The predicted molar refractivity (Wildman–Crippen MR) is 62.4 cm³/mol. The number of hydrogen-bond donors (Lipinski definition) is 0. The Bertz CT molecular complexity index is 365. The number of allylic oxidation sites excluding steroid dienone is 1. The number of thioether (sulfide) groups is 1. The first-order valence-corrected chi connectivity index (χ1v) is 6.04. The fraction of sp³-hybridized carbons (Fsp3) is 0.400. The molecule has 0 unspecified atom stereocenters. The highest BCUT2D eigenvalue weighted by molar-refractivity contribution is 7.98. The maximum atomic E-state index is 4.40. The smallest absolute Gasteiger partial charge is 0.159 e. The second kappa shape index (κ2) is 4.46. The Morgan fingerprint density at radius 1 is 1.57 bits per heavy atom. The summed E-state index contributed by atoms with van der Waals surface area (Å²) in [6, 6.07) is 0. The van der Waals surface area contributed by atoms with E-state index in [0.29, 0.717) is 0 Å². The van der Waals surface area contributed by atoms with E-state index < -0.39 is 0 Å². The minimum atomic E-state index is 0.902. The monoisotopic (exact) mass is 207 g/mol. The first-order chi connectivity index (χ1) is 6.92. The summed E-state index contributed by atoms with van der Waals surface area (Å²) in [6.45, 7) is 0.981. The van der Waals surface area contributed by atoms with Crippen molar-refractivity contribution in [3.05, 3.63) is 18.1 Å². The Morgan fingerprint density at radius 2 is 2.50 bits per heavy atom. The van der Waals surface area contributed by atoms with Crippen molar-refractivity contribution in [1.82, 2.24) is 9.55 Å². The van der Waals surface area contributed by atoms with Crippen LogP contribution in [0.5, 0.6) is 0 Å². The van der Waals surface area contributed by atoms with Crippen LogP contribution in [0.3, 0.4) is 0 Å². The molecular weight excluding hydrogens is 194 g/mol. The van der Waals surface area contributed by atoms with Gasteiger partial charge in [0.15, 0.2) is 5.82 Å². The molecule has 0 fully saturated rings. The first-order valence-electron chi connectivity index (χ1n) is 4.65. The van der Waals surface area contributed by atoms with E-state index in [1.807, 2.05) is 30.4 Å². The summed E-state index contributed by atoms with van der Waals surface area (Å²) in [5.74, 6) is 2.09. The maximum Gasteiger partial charge on any atom is 0.159 e. The van der Waals surface area contributed by atoms with Crippen LogP contribution in [0.25, 0.3) is 6.08 Å². The standard InChI is InChI=1S/C10H13N3S/c1-14-7-6-13-8-12-9-4-2-3-5-11-10(9)13/h2,4-5,8H,3,6-7H2,1H3. The van der Waals surface area contributed by atoms with Crippen molar-refractivity contribution in [3.63, 3.8) is 0 Å². The third-order valence-electron chi connectivity index (χ3n) is 2.10. The van der Waals surface area contributed by atoms with E-state index in [9.17, 15) is 0 Å². The molecule has 2 heterocycles. The van der Waals surface area contributed by atoms with E-state index in [1.165, 1.54) is 0 Å². The van der Waals surface area contributed by atoms with Crippen LogP contribution in [-0.2, 0) is 6.54 Å². The molecule has 0 aromatic carbocycles. The highest BCUT2D eigenvalue weighted by atomic mass is 32.2. The van der Waals surface area contributed by atoms with Gasteiger partial charge in [-0.2, -0.15) is 11.8 Å². The molecule has 0 bridgehead atoms. The van der Waals surface area contributed by atoms with Crippen LogP contribution in [0, 0.1) is 0 Å². The quantitative estimate of drug-likeness (QED) is 0.761. The van der Waals surface area contributed by atoms with Gasteiger partial charge in [-0.15, -0.1) is 0 Å². The number of rotatable bonds is 3. The normalized spacial score (nSPS) is 14.1. The average Bonchev–Trinajstić information content (AvgIpc) is 2.45. The van der Waals surface area contributed by atoms with Gasteiger partial charge in [-0.25, -0.2) is 9.98 Å². The number of nitrogens with zero attached hydrogens (tertiary/aromatic N) is 3. The average molecular weight is 207 g/mol. The molecule has 2 rings (SSSR count). The topological polar surface area (TPSA) is 30.2 Å². The molecule has 1 aliphatic rings. The molecule has 3 nitrogen and oxygen atoms in total. The maximum absolute atomic E-state index is 4.40. The van der Waals surface area contributed by atoms with Gasteiger partial charge in [0, 0.05) is 24.9 Å². The van der Waals surface area contributed by atoms with Crippen LogP contribution in [0.15, 0.2) is 17.4 Å². The van der Waals surface area contributed by atoms with Crippen molar-refractivity contribution in [3.8, 4) is 0 Å². The number of hydrogen-bond acceptors (Lipinski definition) is 3. The molecule has 0 amide bonds. The van der Waals surface area contributed by atoms with E-state index in [1.54, 1.807) is 0 Å². The van der Waals surface area contributed by atoms with E-state index in [4.69, 9.17) is 0 Å². The zero-order valence-electron chi connectivity index (χ0n) is 8.18. The summed E-state index contributed by atoms with van der Waals surface area (Å²) in [5, 5.41) is 0. The Labute approximate surface area is 87.9 Å². The molecule has 0 saturated carbocycles. The number of fused-ring (bicyclic) bond motifs is 1. The van der Waals surface area contributed by atoms with Crippen molar-refractivity contribution >= 4 is 29.9 Å². The lowest BCUT2D eigenvalue weighted by Crippen LogP contribution is -1.97. The number of aliphatic imine (C=N–C) groups is 1. The molecule has 0 radical (unpaired) electrons. The SMILES string of the molecule is CSCCn1cnc2c1N=CCC=C2. The highest BCUT2D eigenvalue weighted by Gasteiger charge is 2.07. The molecule has 0 saturated heterocycles. The van der Waals surface area contributed by atoms with Crippen LogP contribution in [0.2, 0.25) is 0 Å². The molecule has 0 aliphatic carbocycles. The molecule has 4 heteroatoms. The summed E-state index contributed by atoms with van der Waals surface area (Å²) >= 11 is 1.84. The molecule has 0 spiro atoms. The molecule has 0 N–H and O–H groups in total. The van der Waals surface area contributed by atoms with Gasteiger partial charge in [-0.1, -0.05) is 6.08 Å². The summed E-state index contributed by atoms with van der Waals surface area (Å²) in [5.41, 5.74) is 0.986. The number of imidazole rings is 1. The predicted octanol–water partition coefficient (Wildman–Crippen LogP) is 2.37.